The van der Waals surface area contributed by atoms with Crippen LogP contribution in [0.5, 0.6) is 0 Å². The smallest absolute Gasteiger partial charge is 0.225 e. The van der Waals surface area contributed by atoms with E-state index in [1.54, 1.807) is 0 Å². The average molecular weight is 339 g/mol. The molecule has 2 fully saturated rings. The molecule has 1 atom stereocenters. The molecule has 2 aromatic rings. The Morgan fingerprint density at radius 1 is 1.24 bits per heavy atom. The Morgan fingerprint density at radius 3 is 2.88 bits per heavy atom. The zero-order chi connectivity index (χ0) is 17.4. The number of carbonyl (C=O) groups excluding carboxylic acids is 1. The van der Waals surface area contributed by atoms with Crippen molar-refractivity contribution in [2.75, 3.05) is 26.2 Å². The number of benzene rings is 1. The summed E-state index contributed by atoms with van der Waals surface area (Å²) >= 11 is 0. The van der Waals surface area contributed by atoms with Gasteiger partial charge in [-0.3, -0.25) is 14.7 Å². The SMILES string of the molecule is Cc1ccc2ncccc2c1CN1CCN(C(=O)C2CC2)CC(O)C1. The molecule has 1 aromatic carbocycles. The van der Waals surface area contributed by atoms with Crippen LogP contribution in [0.25, 0.3) is 10.9 Å². The summed E-state index contributed by atoms with van der Waals surface area (Å²) in [6, 6.07) is 8.25. The fraction of sp³-hybridized carbons (Fsp3) is 0.500. The van der Waals surface area contributed by atoms with Crippen molar-refractivity contribution in [1.82, 2.24) is 14.8 Å². The first-order valence-electron chi connectivity index (χ1n) is 9.14. The van der Waals surface area contributed by atoms with Gasteiger partial charge >= 0.3 is 0 Å². The third kappa shape index (κ3) is 3.53. The van der Waals surface area contributed by atoms with Gasteiger partial charge in [0.2, 0.25) is 5.91 Å². The number of aryl methyl sites for hydroxylation is 1. The molecule has 1 aromatic heterocycles. The summed E-state index contributed by atoms with van der Waals surface area (Å²) in [6.07, 6.45) is 3.35. The lowest BCUT2D eigenvalue weighted by molar-refractivity contribution is -0.133. The maximum Gasteiger partial charge on any atom is 0.225 e. The minimum Gasteiger partial charge on any atom is -0.390 e. The Labute approximate surface area is 148 Å². The van der Waals surface area contributed by atoms with E-state index in [4.69, 9.17) is 0 Å². The lowest BCUT2D eigenvalue weighted by Gasteiger charge is -2.23. The van der Waals surface area contributed by atoms with Crippen molar-refractivity contribution in [1.29, 1.82) is 0 Å². The summed E-state index contributed by atoms with van der Waals surface area (Å²) in [4.78, 5) is 20.9. The summed E-state index contributed by atoms with van der Waals surface area (Å²) in [5.41, 5.74) is 3.51. The Bertz CT molecular complexity index is 788. The highest BCUT2D eigenvalue weighted by atomic mass is 16.3. The monoisotopic (exact) mass is 339 g/mol. The molecule has 1 saturated heterocycles. The summed E-state index contributed by atoms with van der Waals surface area (Å²) in [6.45, 7) is 5.46. The first-order chi connectivity index (χ1) is 12.1. The molecule has 5 heteroatoms. The van der Waals surface area contributed by atoms with E-state index in [1.165, 1.54) is 16.5 Å². The highest BCUT2D eigenvalue weighted by molar-refractivity contribution is 5.83. The van der Waals surface area contributed by atoms with Gasteiger partial charge in [0.25, 0.3) is 0 Å². The third-order valence-electron chi connectivity index (χ3n) is 5.34. The van der Waals surface area contributed by atoms with Gasteiger partial charge in [-0.2, -0.15) is 0 Å². The van der Waals surface area contributed by atoms with Crippen LogP contribution >= 0.6 is 0 Å². The quantitative estimate of drug-likeness (QED) is 0.929. The molecule has 1 saturated carbocycles. The van der Waals surface area contributed by atoms with Crippen molar-refractivity contribution < 1.29 is 9.90 Å². The second-order valence-electron chi connectivity index (χ2n) is 7.38. The van der Waals surface area contributed by atoms with Gasteiger partial charge in [0.15, 0.2) is 0 Å². The molecule has 0 radical (unpaired) electrons. The number of fused-ring (bicyclic) bond motifs is 1. The predicted octanol–water partition coefficient (Wildman–Crippen LogP) is 1.96. The van der Waals surface area contributed by atoms with Crippen LogP contribution in [0.1, 0.15) is 24.0 Å². The van der Waals surface area contributed by atoms with Gasteiger partial charge in [-0.05, 0) is 43.0 Å². The first-order valence-corrected chi connectivity index (χ1v) is 9.14. The Morgan fingerprint density at radius 2 is 2.08 bits per heavy atom. The number of β-amino-alcohol motifs (C(OH)–C–C–N with tert-alkyl or cyclic N) is 1. The van der Waals surface area contributed by atoms with Crippen LogP contribution in [0, 0.1) is 12.8 Å². The number of aliphatic hydroxyl groups is 1. The predicted molar refractivity (Wildman–Crippen MR) is 97.1 cm³/mol. The highest BCUT2D eigenvalue weighted by Gasteiger charge is 2.35. The van der Waals surface area contributed by atoms with Crippen molar-refractivity contribution in [3.63, 3.8) is 0 Å². The Kier molecular flexibility index (Phi) is 4.44. The standard InChI is InChI=1S/C20H25N3O2/c1-14-4-7-19-17(3-2-8-21-19)18(14)13-22-9-10-23(12-16(24)11-22)20(25)15-5-6-15/h2-4,7-8,15-16,24H,5-6,9-13H2,1H3. The molecule has 1 aliphatic heterocycles. The summed E-state index contributed by atoms with van der Waals surface area (Å²) in [5, 5.41) is 11.6. The number of pyridine rings is 1. The van der Waals surface area contributed by atoms with Gasteiger partial charge in [0.05, 0.1) is 11.6 Å². The highest BCUT2D eigenvalue weighted by Crippen LogP contribution is 2.31. The van der Waals surface area contributed by atoms with Gasteiger partial charge in [-0.1, -0.05) is 12.1 Å². The maximum absolute atomic E-state index is 12.3. The van der Waals surface area contributed by atoms with E-state index in [0.29, 0.717) is 19.6 Å². The molecule has 0 bridgehead atoms. The van der Waals surface area contributed by atoms with Crippen molar-refractivity contribution in [2.24, 2.45) is 5.92 Å². The number of carbonyl (C=O) groups is 1. The van der Waals surface area contributed by atoms with Gasteiger partial charge in [0.1, 0.15) is 0 Å². The largest absolute Gasteiger partial charge is 0.390 e. The van der Waals surface area contributed by atoms with Crippen molar-refractivity contribution in [3.8, 4) is 0 Å². The molecule has 2 heterocycles. The zero-order valence-corrected chi connectivity index (χ0v) is 14.7. The maximum atomic E-state index is 12.3. The summed E-state index contributed by atoms with van der Waals surface area (Å²) < 4.78 is 0. The fourth-order valence-electron chi connectivity index (χ4n) is 3.74. The van der Waals surface area contributed by atoms with Crippen LogP contribution in [-0.2, 0) is 11.3 Å². The van der Waals surface area contributed by atoms with Crippen LogP contribution < -0.4 is 0 Å². The van der Waals surface area contributed by atoms with E-state index in [-0.39, 0.29) is 11.8 Å². The molecule has 2 aliphatic rings. The third-order valence-corrected chi connectivity index (χ3v) is 5.34. The first kappa shape index (κ1) is 16.5. The van der Waals surface area contributed by atoms with E-state index in [2.05, 4.69) is 35.0 Å². The van der Waals surface area contributed by atoms with Gasteiger partial charge in [0, 0.05) is 50.2 Å². The van der Waals surface area contributed by atoms with Crippen LogP contribution in [0.2, 0.25) is 0 Å². The molecular weight excluding hydrogens is 314 g/mol. The summed E-state index contributed by atoms with van der Waals surface area (Å²) in [7, 11) is 0. The van der Waals surface area contributed by atoms with Crippen LogP contribution in [0.3, 0.4) is 0 Å². The minimum absolute atomic E-state index is 0.213. The molecule has 0 spiro atoms. The fourth-order valence-corrected chi connectivity index (χ4v) is 3.74. The minimum atomic E-state index is -0.487. The second kappa shape index (κ2) is 6.73. The van der Waals surface area contributed by atoms with Crippen LogP contribution in [0.15, 0.2) is 30.5 Å². The molecule has 1 unspecified atom stereocenters. The number of hydrogen-bond acceptors (Lipinski definition) is 4. The van der Waals surface area contributed by atoms with Gasteiger partial charge in [-0.25, -0.2) is 0 Å². The Balaban J connectivity index is 1.53. The molecule has 25 heavy (non-hydrogen) atoms. The van der Waals surface area contributed by atoms with E-state index >= 15 is 0 Å². The van der Waals surface area contributed by atoms with E-state index in [9.17, 15) is 9.90 Å². The van der Waals surface area contributed by atoms with Crippen LogP contribution in [-0.4, -0.2) is 58.1 Å². The number of rotatable bonds is 3. The molecule has 1 amide bonds. The molecule has 132 valence electrons. The average Bonchev–Trinajstić information content (AvgIpc) is 3.45. The number of aromatic nitrogens is 1. The van der Waals surface area contributed by atoms with E-state index < -0.39 is 6.10 Å². The van der Waals surface area contributed by atoms with Crippen molar-refractivity contribution >= 4 is 16.8 Å². The van der Waals surface area contributed by atoms with Crippen molar-refractivity contribution in [3.05, 3.63) is 41.6 Å². The summed E-state index contributed by atoms with van der Waals surface area (Å²) in [5.74, 6) is 0.441. The number of amides is 1. The zero-order valence-electron chi connectivity index (χ0n) is 14.7. The lowest BCUT2D eigenvalue weighted by atomic mass is 10.0. The number of nitrogens with zero attached hydrogens (tertiary/aromatic N) is 3. The topological polar surface area (TPSA) is 56.7 Å². The van der Waals surface area contributed by atoms with E-state index in [0.717, 1.165) is 31.4 Å². The molecule has 1 aliphatic carbocycles. The number of hydrogen-bond donors (Lipinski definition) is 1. The van der Waals surface area contributed by atoms with E-state index in [1.807, 2.05) is 17.2 Å². The molecular formula is C20H25N3O2. The van der Waals surface area contributed by atoms with Crippen molar-refractivity contribution in [2.45, 2.75) is 32.4 Å². The normalized spacial score (nSPS) is 22.2. The molecule has 4 rings (SSSR count). The number of aliphatic hydroxyl groups excluding tert-OH is 1. The Hall–Kier alpha value is -1.98. The second-order valence-corrected chi connectivity index (χ2v) is 7.38. The van der Waals surface area contributed by atoms with Crippen LogP contribution in [0.4, 0.5) is 0 Å². The van der Waals surface area contributed by atoms with Gasteiger partial charge in [-0.15, -0.1) is 0 Å². The molecule has 5 nitrogen and oxygen atoms in total. The van der Waals surface area contributed by atoms with Gasteiger partial charge < -0.3 is 10.0 Å². The molecule has 1 N–H and O–H groups in total. The lowest BCUT2D eigenvalue weighted by Crippen LogP contribution is -2.38.